The molecule has 0 amide bonds. The SMILES string of the molecule is CC1(C)C2C=CC=CC2C2C=CC(c3nc(-c4ccc5c(c4)C4C=CC6=CC=CCC6C4C=C5)nc(C4C=CC=CC4)n3)=CC21. The Labute approximate surface area is 266 Å². The van der Waals surface area contributed by atoms with Crippen LogP contribution in [0.4, 0.5) is 0 Å². The molecule has 8 unspecified atom stereocenters. The lowest BCUT2D eigenvalue weighted by atomic mass is 9.65. The van der Waals surface area contributed by atoms with E-state index in [1.165, 1.54) is 16.7 Å². The second-order valence-electron chi connectivity index (χ2n) is 14.4. The van der Waals surface area contributed by atoms with E-state index >= 15 is 0 Å². The van der Waals surface area contributed by atoms with E-state index in [1.807, 2.05) is 0 Å². The minimum atomic E-state index is 0.147. The van der Waals surface area contributed by atoms with Gasteiger partial charge in [-0.3, -0.25) is 0 Å². The van der Waals surface area contributed by atoms with Gasteiger partial charge in [-0.1, -0.05) is 135 Å². The highest BCUT2D eigenvalue weighted by molar-refractivity contribution is 5.74. The van der Waals surface area contributed by atoms with Crippen molar-refractivity contribution < 1.29 is 0 Å². The van der Waals surface area contributed by atoms with Crippen LogP contribution in [0.3, 0.4) is 0 Å². The fraction of sp³-hybridized carbons (Fsp3) is 0.310. The molecule has 0 bridgehead atoms. The fourth-order valence-electron chi connectivity index (χ4n) is 9.22. The van der Waals surface area contributed by atoms with Crippen LogP contribution in [-0.2, 0) is 0 Å². The predicted octanol–water partition coefficient (Wildman–Crippen LogP) is 9.52. The molecule has 222 valence electrons. The van der Waals surface area contributed by atoms with Crippen molar-refractivity contribution in [3.63, 3.8) is 0 Å². The molecule has 0 saturated heterocycles. The van der Waals surface area contributed by atoms with Crippen LogP contribution < -0.4 is 0 Å². The van der Waals surface area contributed by atoms with E-state index in [4.69, 9.17) is 15.0 Å². The minimum Gasteiger partial charge on any atom is -0.212 e. The first-order valence-electron chi connectivity index (χ1n) is 16.8. The molecule has 7 aliphatic rings. The van der Waals surface area contributed by atoms with Gasteiger partial charge in [-0.15, -0.1) is 0 Å². The second-order valence-corrected chi connectivity index (χ2v) is 14.4. The Bertz CT molecular complexity index is 1890. The summed E-state index contributed by atoms with van der Waals surface area (Å²) in [6.07, 6.45) is 43.5. The van der Waals surface area contributed by atoms with E-state index in [9.17, 15) is 0 Å². The second kappa shape index (κ2) is 10.3. The molecule has 0 aliphatic heterocycles. The first kappa shape index (κ1) is 27.0. The van der Waals surface area contributed by atoms with Crippen molar-refractivity contribution >= 4 is 11.6 Å². The Hall–Kier alpha value is -4.37. The molecule has 3 heteroatoms. The van der Waals surface area contributed by atoms with Crippen molar-refractivity contribution in [3.05, 3.63) is 150 Å². The van der Waals surface area contributed by atoms with Crippen molar-refractivity contribution in [1.82, 2.24) is 15.0 Å². The molecule has 1 aromatic heterocycles. The Balaban J connectivity index is 1.13. The maximum Gasteiger partial charge on any atom is 0.163 e. The monoisotopic (exact) mass is 585 g/mol. The summed E-state index contributed by atoms with van der Waals surface area (Å²) in [7, 11) is 0. The van der Waals surface area contributed by atoms with Crippen molar-refractivity contribution in [1.29, 1.82) is 0 Å². The van der Waals surface area contributed by atoms with E-state index in [1.54, 1.807) is 0 Å². The lowest BCUT2D eigenvalue weighted by Crippen LogP contribution is -2.27. The van der Waals surface area contributed by atoms with Gasteiger partial charge < -0.3 is 0 Å². The highest BCUT2D eigenvalue weighted by Crippen LogP contribution is 2.59. The molecule has 45 heavy (non-hydrogen) atoms. The average molecular weight is 586 g/mol. The molecule has 0 spiro atoms. The van der Waals surface area contributed by atoms with Gasteiger partial charge in [0.2, 0.25) is 0 Å². The Kier molecular flexibility index (Phi) is 6.20. The fourth-order valence-corrected chi connectivity index (χ4v) is 9.22. The summed E-state index contributed by atoms with van der Waals surface area (Å²) in [5.41, 5.74) is 6.48. The van der Waals surface area contributed by atoms with Crippen LogP contribution in [-0.4, -0.2) is 15.0 Å². The number of nitrogens with zero attached hydrogens (tertiary/aromatic N) is 3. The third-order valence-electron chi connectivity index (χ3n) is 11.7. The van der Waals surface area contributed by atoms with Crippen molar-refractivity contribution in [3.8, 4) is 11.4 Å². The molecule has 3 nitrogen and oxygen atoms in total. The van der Waals surface area contributed by atoms with Crippen LogP contribution >= 0.6 is 0 Å². The van der Waals surface area contributed by atoms with Gasteiger partial charge in [0.1, 0.15) is 5.82 Å². The number of rotatable bonds is 3. The minimum absolute atomic E-state index is 0.147. The van der Waals surface area contributed by atoms with Gasteiger partial charge in [-0.25, -0.2) is 15.0 Å². The smallest absolute Gasteiger partial charge is 0.163 e. The first-order chi connectivity index (χ1) is 22.0. The summed E-state index contributed by atoms with van der Waals surface area (Å²) in [6.45, 7) is 4.87. The van der Waals surface area contributed by atoms with Crippen molar-refractivity contribution in [2.75, 3.05) is 0 Å². The van der Waals surface area contributed by atoms with Gasteiger partial charge in [0.25, 0.3) is 0 Å². The van der Waals surface area contributed by atoms with Gasteiger partial charge in [-0.05, 0) is 76.5 Å². The normalized spacial score (nSPS) is 34.0. The molecule has 8 atom stereocenters. The lowest BCUT2D eigenvalue weighted by Gasteiger charge is -2.38. The zero-order chi connectivity index (χ0) is 30.1. The first-order valence-corrected chi connectivity index (χ1v) is 16.8. The molecule has 1 heterocycles. The number of benzene rings is 1. The number of fused-ring (bicyclic) bond motifs is 8. The third-order valence-corrected chi connectivity index (χ3v) is 11.7. The molecule has 1 fully saturated rings. The summed E-state index contributed by atoms with van der Waals surface area (Å²) >= 11 is 0. The van der Waals surface area contributed by atoms with Gasteiger partial charge in [0.05, 0.1) is 0 Å². The van der Waals surface area contributed by atoms with E-state index < -0.39 is 0 Å². The van der Waals surface area contributed by atoms with Gasteiger partial charge >= 0.3 is 0 Å². The quantitative estimate of drug-likeness (QED) is 0.360. The van der Waals surface area contributed by atoms with Crippen LogP contribution in [0.2, 0.25) is 0 Å². The molecule has 2 aromatic rings. The number of allylic oxidation sites excluding steroid dienone is 19. The van der Waals surface area contributed by atoms with Gasteiger partial charge in [0.15, 0.2) is 11.6 Å². The maximum absolute atomic E-state index is 5.23. The molecule has 1 aromatic carbocycles. The number of hydrogen-bond acceptors (Lipinski definition) is 3. The molecular formula is C42H39N3. The Morgan fingerprint density at radius 3 is 2.42 bits per heavy atom. The summed E-state index contributed by atoms with van der Waals surface area (Å²) in [5.74, 6) is 5.98. The van der Waals surface area contributed by atoms with Crippen LogP contribution in [0.1, 0.15) is 61.3 Å². The largest absolute Gasteiger partial charge is 0.212 e. The molecule has 0 N–H and O–H groups in total. The Morgan fingerprint density at radius 1 is 0.689 bits per heavy atom. The number of aromatic nitrogens is 3. The van der Waals surface area contributed by atoms with Crippen LogP contribution in [0.5, 0.6) is 0 Å². The van der Waals surface area contributed by atoms with Crippen molar-refractivity contribution in [2.24, 2.45) is 40.9 Å². The summed E-state index contributed by atoms with van der Waals surface area (Å²) in [5, 5.41) is 0. The molecule has 0 radical (unpaired) electrons. The zero-order valence-electron chi connectivity index (χ0n) is 26.0. The topological polar surface area (TPSA) is 38.7 Å². The highest BCUT2D eigenvalue weighted by atomic mass is 15.0. The summed E-state index contributed by atoms with van der Waals surface area (Å²) in [4.78, 5) is 15.6. The average Bonchev–Trinajstić information content (AvgIpc) is 3.33. The molecule has 7 aliphatic carbocycles. The van der Waals surface area contributed by atoms with Gasteiger partial charge in [0, 0.05) is 23.0 Å². The van der Waals surface area contributed by atoms with Gasteiger partial charge in [-0.2, -0.15) is 0 Å². The maximum atomic E-state index is 5.23. The van der Waals surface area contributed by atoms with E-state index in [0.29, 0.717) is 41.4 Å². The predicted molar refractivity (Wildman–Crippen MR) is 184 cm³/mol. The van der Waals surface area contributed by atoms with Crippen LogP contribution in [0.15, 0.2) is 127 Å². The van der Waals surface area contributed by atoms with Crippen molar-refractivity contribution in [2.45, 2.75) is 38.5 Å². The van der Waals surface area contributed by atoms with E-state index in [-0.39, 0.29) is 11.3 Å². The van der Waals surface area contributed by atoms with Crippen LogP contribution in [0.25, 0.3) is 23.0 Å². The van der Waals surface area contributed by atoms with Crippen LogP contribution in [0, 0.1) is 40.9 Å². The van der Waals surface area contributed by atoms with E-state index in [2.05, 4.69) is 141 Å². The number of hydrogen-bond donors (Lipinski definition) is 0. The Morgan fingerprint density at radius 2 is 1.51 bits per heavy atom. The third kappa shape index (κ3) is 4.35. The summed E-state index contributed by atoms with van der Waals surface area (Å²) < 4.78 is 0. The zero-order valence-corrected chi connectivity index (χ0v) is 26.0. The molecule has 9 rings (SSSR count). The molecule has 1 saturated carbocycles. The lowest BCUT2D eigenvalue weighted by molar-refractivity contribution is 0.239. The van der Waals surface area contributed by atoms with E-state index in [0.717, 1.165) is 41.5 Å². The highest BCUT2D eigenvalue weighted by Gasteiger charge is 2.52. The standard InChI is InChI=1S/C42H39N3/c1-42(2)37-15-9-8-14-34(37)35-23-20-30(25-38(35)42)41-44-39(28-11-4-3-5-12-28)43-40(45-41)29-17-16-27-19-21-32-31-13-7-6-10-26(31)18-22-33(32)36(27)24-29/h3-11,14-25,28,31-35,37-38H,12-13H2,1-2H3. The molecular weight excluding hydrogens is 546 g/mol. The summed E-state index contributed by atoms with van der Waals surface area (Å²) in [6, 6.07) is 6.82.